The van der Waals surface area contributed by atoms with Crippen LogP contribution < -0.4 is 10.6 Å². The molecule has 2 aromatic rings. The zero-order valence-corrected chi connectivity index (χ0v) is 15.7. The molecule has 1 aliphatic carbocycles. The highest BCUT2D eigenvalue weighted by atomic mass is 16.5. The molecule has 0 aliphatic heterocycles. The van der Waals surface area contributed by atoms with Gasteiger partial charge < -0.3 is 19.9 Å². The van der Waals surface area contributed by atoms with Crippen molar-refractivity contribution in [3.05, 3.63) is 41.5 Å². The molecule has 8 nitrogen and oxygen atoms in total. The lowest BCUT2D eigenvalue weighted by Crippen LogP contribution is -2.25. The Morgan fingerprint density at radius 2 is 2.15 bits per heavy atom. The lowest BCUT2D eigenvalue weighted by Gasteiger charge is -2.11. The van der Waals surface area contributed by atoms with E-state index in [1.807, 2.05) is 17.6 Å². The Labute approximate surface area is 158 Å². The molecule has 0 saturated heterocycles. The first-order chi connectivity index (χ1) is 13.1. The van der Waals surface area contributed by atoms with Crippen LogP contribution in [0.2, 0.25) is 0 Å². The topological polar surface area (TPSA) is 98.1 Å². The van der Waals surface area contributed by atoms with E-state index in [2.05, 4.69) is 20.8 Å². The van der Waals surface area contributed by atoms with Gasteiger partial charge in [-0.3, -0.25) is 9.59 Å². The molecule has 2 amide bonds. The number of hydrogen-bond donors (Lipinski definition) is 2. The molecule has 1 aromatic heterocycles. The van der Waals surface area contributed by atoms with E-state index in [1.54, 1.807) is 25.6 Å². The number of rotatable bonds is 9. The number of aryl methyl sites for hydroxylation is 2. The second kappa shape index (κ2) is 8.77. The monoisotopic (exact) mass is 371 g/mol. The van der Waals surface area contributed by atoms with Crippen LogP contribution in [0.4, 0.5) is 5.69 Å². The molecule has 0 spiro atoms. The van der Waals surface area contributed by atoms with Gasteiger partial charge in [0.2, 0.25) is 5.91 Å². The molecule has 1 saturated carbocycles. The van der Waals surface area contributed by atoms with E-state index in [-0.39, 0.29) is 24.3 Å². The minimum Gasteiger partial charge on any atom is -0.385 e. The smallest absolute Gasteiger partial charge is 0.251 e. The summed E-state index contributed by atoms with van der Waals surface area (Å²) in [6, 6.07) is 5.31. The van der Waals surface area contributed by atoms with Gasteiger partial charge in [0.05, 0.1) is 6.54 Å². The number of aromatic nitrogens is 3. The minimum absolute atomic E-state index is 0.0276. The number of nitrogens with zero attached hydrogens (tertiary/aromatic N) is 3. The highest BCUT2D eigenvalue weighted by molar-refractivity contribution is 5.98. The van der Waals surface area contributed by atoms with Gasteiger partial charge in [-0.1, -0.05) is 6.07 Å². The van der Waals surface area contributed by atoms with Gasteiger partial charge in [-0.25, -0.2) is 0 Å². The van der Waals surface area contributed by atoms with Gasteiger partial charge in [0.15, 0.2) is 5.82 Å². The van der Waals surface area contributed by atoms with Crippen molar-refractivity contribution < 1.29 is 14.3 Å². The Morgan fingerprint density at radius 3 is 2.89 bits per heavy atom. The van der Waals surface area contributed by atoms with Crippen LogP contribution in [0, 0.1) is 12.8 Å². The van der Waals surface area contributed by atoms with E-state index >= 15 is 0 Å². The van der Waals surface area contributed by atoms with Gasteiger partial charge in [-0.05, 0) is 43.9 Å². The molecule has 1 aromatic carbocycles. The Hall–Kier alpha value is -2.74. The Kier molecular flexibility index (Phi) is 6.18. The second-order valence-corrected chi connectivity index (χ2v) is 6.76. The highest BCUT2D eigenvalue weighted by Gasteiger charge is 2.29. The average molecular weight is 371 g/mol. The van der Waals surface area contributed by atoms with Crippen molar-refractivity contribution in [2.45, 2.75) is 39.3 Å². The summed E-state index contributed by atoms with van der Waals surface area (Å²) in [6.45, 7) is 3.58. The number of ether oxygens (including phenoxy) is 1. The molecule has 3 rings (SSSR count). The van der Waals surface area contributed by atoms with Crippen molar-refractivity contribution in [1.29, 1.82) is 0 Å². The van der Waals surface area contributed by atoms with Crippen molar-refractivity contribution in [1.82, 2.24) is 20.1 Å². The maximum absolute atomic E-state index is 12.5. The predicted octanol–water partition coefficient (Wildman–Crippen LogP) is 1.90. The van der Waals surface area contributed by atoms with Crippen LogP contribution >= 0.6 is 0 Å². The molecule has 0 bridgehead atoms. The minimum atomic E-state index is -0.219. The van der Waals surface area contributed by atoms with Crippen LogP contribution in [-0.2, 0) is 22.6 Å². The molecule has 2 N–H and O–H groups in total. The Bertz CT molecular complexity index is 813. The quantitative estimate of drug-likeness (QED) is 0.656. The third-order valence-electron chi connectivity index (χ3n) is 4.56. The summed E-state index contributed by atoms with van der Waals surface area (Å²) in [4.78, 5) is 24.5. The third kappa shape index (κ3) is 5.13. The number of amides is 2. The van der Waals surface area contributed by atoms with E-state index < -0.39 is 0 Å². The summed E-state index contributed by atoms with van der Waals surface area (Å²) >= 11 is 0. The SMILES string of the molecule is COCCCn1cnnc1CNC(=O)c1ccc(C)c(NC(=O)C2CC2)c1. The molecule has 27 heavy (non-hydrogen) atoms. The van der Waals surface area contributed by atoms with Crippen LogP contribution in [0.1, 0.15) is 41.0 Å². The second-order valence-electron chi connectivity index (χ2n) is 6.76. The van der Waals surface area contributed by atoms with Crippen molar-refractivity contribution in [3.8, 4) is 0 Å². The number of anilines is 1. The molecule has 1 fully saturated rings. The molecule has 1 aliphatic rings. The molecule has 144 valence electrons. The average Bonchev–Trinajstić information content (AvgIpc) is 3.42. The first-order valence-corrected chi connectivity index (χ1v) is 9.14. The van der Waals surface area contributed by atoms with Crippen LogP contribution in [0.25, 0.3) is 0 Å². The number of nitrogens with one attached hydrogen (secondary N) is 2. The van der Waals surface area contributed by atoms with Gasteiger partial charge >= 0.3 is 0 Å². The zero-order valence-electron chi connectivity index (χ0n) is 15.7. The first kappa shape index (κ1) is 19.0. The molecular weight excluding hydrogens is 346 g/mol. The first-order valence-electron chi connectivity index (χ1n) is 9.14. The fourth-order valence-electron chi connectivity index (χ4n) is 2.72. The van der Waals surface area contributed by atoms with Gasteiger partial charge in [0.1, 0.15) is 6.33 Å². The van der Waals surface area contributed by atoms with Gasteiger partial charge in [0, 0.05) is 37.4 Å². The zero-order chi connectivity index (χ0) is 19.2. The summed E-state index contributed by atoms with van der Waals surface area (Å²) in [5.41, 5.74) is 2.11. The third-order valence-corrected chi connectivity index (χ3v) is 4.56. The van der Waals surface area contributed by atoms with Crippen molar-refractivity contribution >= 4 is 17.5 Å². The van der Waals surface area contributed by atoms with E-state index in [4.69, 9.17) is 4.74 Å². The number of carbonyl (C=O) groups excluding carboxylic acids is 2. The lowest BCUT2D eigenvalue weighted by atomic mass is 10.1. The molecule has 8 heteroatoms. The molecular formula is C19H25N5O3. The number of hydrogen-bond acceptors (Lipinski definition) is 5. The van der Waals surface area contributed by atoms with Crippen LogP contribution in [-0.4, -0.2) is 40.3 Å². The Morgan fingerprint density at radius 1 is 1.33 bits per heavy atom. The largest absolute Gasteiger partial charge is 0.385 e. The molecule has 1 heterocycles. The normalized spacial score (nSPS) is 13.4. The van der Waals surface area contributed by atoms with Crippen LogP contribution in [0.5, 0.6) is 0 Å². The predicted molar refractivity (Wildman–Crippen MR) is 100 cm³/mol. The lowest BCUT2D eigenvalue weighted by molar-refractivity contribution is -0.117. The molecule has 0 radical (unpaired) electrons. The fraction of sp³-hybridized carbons (Fsp3) is 0.474. The summed E-state index contributed by atoms with van der Waals surface area (Å²) < 4.78 is 6.95. The van der Waals surface area contributed by atoms with Gasteiger partial charge in [0.25, 0.3) is 5.91 Å². The standard InChI is InChI=1S/C19H25N5O3/c1-13-4-5-15(10-16(13)22-19(26)14-6-7-14)18(25)20-11-17-23-21-12-24(17)8-3-9-27-2/h4-5,10,12,14H,3,6-9,11H2,1-2H3,(H,20,25)(H,22,26). The summed E-state index contributed by atoms with van der Waals surface area (Å²) in [5, 5.41) is 13.7. The Balaban J connectivity index is 1.59. The van der Waals surface area contributed by atoms with Crippen LogP contribution in [0.3, 0.4) is 0 Å². The van der Waals surface area contributed by atoms with Crippen molar-refractivity contribution in [2.75, 3.05) is 19.0 Å². The van der Waals surface area contributed by atoms with Crippen molar-refractivity contribution in [3.63, 3.8) is 0 Å². The van der Waals surface area contributed by atoms with E-state index in [0.29, 0.717) is 23.7 Å². The molecule has 0 atom stereocenters. The van der Waals surface area contributed by atoms with E-state index in [0.717, 1.165) is 31.4 Å². The van der Waals surface area contributed by atoms with Gasteiger partial charge in [-0.2, -0.15) is 0 Å². The van der Waals surface area contributed by atoms with E-state index in [9.17, 15) is 9.59 Å². The van der Waals surface area contributed by atoms with E-state index in [1.165, 1.54) is 0 Å². The van der Waals surface area contributed by atoms with Crippen LogP contribution in [0.15, 0.2) is 24.5 Å². The number of benzene rings is 1. The number of carbonyl (C=O) groups is 2. The summed E-state index contributed by atoms with van der Waals surface area (Å²) in [5.74, 6) is 0.614. The summed E-state index contributed by atoms with van der Waals surface area (Å²) in [6.07, 6.45) is 4.37. The summed E-state index contributed by atoms with van der Waals surface area (Å²) in [7, 11) is 1.66. The van der Waals surface area contributed by atoms with Crippen molar-refractivity contribution in [2.24, 2.45) is 5.92 Å². The maximum atomic E-state index is 12.5. The highest BCUT2D eigenvalue weighted by Crippen LogP contribution is 2.30. The fourth-order valence-corrected chi connectivity index (χ4v) is 2.72. The maximum Gasteiger partial charge on any atom is 0.251 e. The van der Waals surface area contributed by atoms with Gasteiger partial charge in [-0.15, -0.1) is 10.2 Å². The number of methoxy groups -OCH3 is 1. The molecule has 0 unspecified atom stereocenters.